The number of hydrogen-bond acceptors (Lipinski definition) is 2. The van der Waals surface area contributed by atoms with Crippen LogP contribution in [0, 0.1) is 0 Å². The lowest BCUT2D eigenvalue weighted by atomic mass is 10.1. The fourth-order valence-corrected chi connectivity index (χ4v) is 2.08. The summed E-state index contributed by atoms with van der Waals surface area (Å²) in [6.07, 6.45) is 17.0. The molecular weight excluding hydrogens is 270 g/mol. The minimum absolute atomic E-state index is 0.666. The summed E-state index contributed by atoms with van der Waals surface area (Å²) >= 11 is 5.38. The van der Waals surface area contributed by atoms with Crippen LogP contribution in [0.5, 0.6) is 0 Å². The summed E-state index contributed by atoms with van der Waals surface area (Å²) in [5, 5.41) is 0. The molecule has 120 valence electrons. The molecule has 0 atom stereocenters. The summed E-state index contributed by atoms with van der Waals surface area (Å²) in [6.45, 7) is 5.08. The highest BCUT2D eigenvalue weighted by Gasteiger charge is 1.91. The molecule has 0 aromatic carbocycles. The molecule has 0 saturated carbocycles. The van der Waals surface area contributed by atoms with Crippen LogP contribution in [0.2, 0.25) is 0 Å². The van der Waals surface area contributed by atoms with Gasteiger partial charge in [-0.1, -0.05) is 78.1 Å². The van der Waals surface area contributed by atoms with Gasteiger partial charge in [-0.15, -0.1) is 11.6 Å². The van der Waals surface area contributed by atoms with Gasteiger partial charge in [0.25, 0.3) is 0 Å². The van der Waals surface area contributed by atoms with Crippen molar-refractivity contribution in [2.75, 3.05) is 12.4 Å². The molecule has 0 aromatic heterocycles. The second-order valence-corrected chi connectivity index (χ2v) is 5.58. The van der Waals surface area contributed by atoms with E-state index in [1.54, 1.807) is 6.08 Å². The van der Waals surface area contributed by atoms with Gasteiger partial charge < -0.3 is 0 Å². The summed E-state index contributed by atoms with van der Waals surface area (Å²) in [6, 6.07) is 0. The Bertz CT molecular complexity index is 199. The van der Waals surface area contributed by atoms with E-state index in [0.29, 0.717) is 6.54 Å². The number of halogens is 1. The molecule has 0 aromatic rings. The molecule has 0 rings (SSSR count). The highest BCUT2D eigenvalue weighted by atomic mass is 35.5. The fraction of sp³-hybridized carbons (Fsp3) is 0.941. The minimum atomic E-state index is 0.666. The predicted molar refractivity (Wildman–Crippen MR) is 90.5 cm³/mol. The molecule has 0 aliphatic carbocycles. The normalized spacial score (nSPS) is 9.55. The smallest absolute Gasteiger partial charge is 0.211 e. The van der Waals surface area contributed by atoms with E-state index in [1.165, 1.54) is 70.6 Å². The number of hydrogen-bond donors (Lipinski definition) is 0. The first-order chi connectivity index (χ1) is 9.83. The van der Waals surface area contributed by atoms with Gasteiger partial charge >= 0.3 is 0 Å². The first kappa shape index (κ1) is 22.0. The average molecular weight is 304 g/mol. The summed E-state index contributed by atoms with van der Waals surface area (Å²) in [5.41, 5.74) is 0. The van der Waals surface area contributed by atoms with Crippen molar-refractivity contribution in [2.45, 2.75) is 90.9 Å². The summed E-state index contributed by atoms with van der Waals surface area (Å²) in [4.78, 5) is 13.3. The summed E-state index contributed by atoms with van der Waals surface area (Å²) in [7, 11) is 0. The molecular formula is C17H34ClNO. The molecule has 0 aliphatic heterocycles. The second kappa shape index (κ2) is 23.7. The first-order valence-corrected chi connectivity index (χ1v) is 8.96. The van der Waals surface area contributed by atoms with Crippen LogP contribution in [0.1, 0.15) is 90.9 Å². The van der Waals surface area contributed by atoms with Crippen LogP contribution in [-0.4, -0.2) is 18.5 Å². The highest BCUT2D eigenvalue weighted by Crippen LogP contribution is 2.09. The minimum Gasteiger partial charge on any atom is -0.211 e. The van der Waals surface area contributed by atoms with Crippen LogP contribution in [0.25, 0.3) is 0 Å². The Balaban J connectivity index is 0. The maximum atomic E-state index is 9.75. The molecule has 0 fully saturated rings. The van der Waals surface area contributed by atoms with Crippen molar-refractivity contribution in [2.24, 2.45) is 4.99 Å². The van der Waals surface area contributed by atoms with Crippen LogP contribution in [0.15, 0.2) is 4.99 Å². The van der Waals surface area contributed by atoms with E-state index in [2.05, 4.69) is 18.8 Å². The SMILES string of the molecule is CCCCCCCCCCCN=C=O.CCCCCCl. The van der Waals surface area contributed by atoms with Gasteiger partial charge in [-0.25, -0.2) is 9.79 Å². The summed E-state index contributed by atoms with van der Waals surface area (Å²) in [5.74, 6) is 0.827. The lowest BCUT2D eigenvalue weighted by molar-refractivity contribution is 0.556. The van der Waals surface area contributed by atoms with Gasteiger partial charge in [0.1, 0.15) is 0 Å². The van der Waals surface area contributed by atoms with Gasteiger partial charge in [0.2, 0.25) is 6.08 Å². The fourth-order valence-electron chi connectivity index (χ4n) is 1.89. The van der Waals surface area contributed by atoms with Gasteiger partial charge in [-0.3, -0.25) is 0 Å². The summed E-state index contributed by atoms with van der Waals surface area (Å²) < 4.78 is 0. The monoisotopic (exact) mass is 303 g/mol. The average Bonchev–Trinajstić information content (AvgIpc) is 2.48. The molecule has 20 heavy (non-hydrogen) atoms. The van der Waals surface area contributed by atoms with Crippen LogP contribution < -0.4 is 0 Å². The van der Waals surface area contributed by atoms with Gasteiger partial charge in [0.05, 0.1) is 6.54 Å². The molecule has 0 amide bonds. The van der Waals surface area contributed by atoms with Crippen molar-refractivity contribution in [1.82, 2.24) is 0 Å². The van der Waals surface area contributed by atoms with E-state index in [0.717, 1.165) is 12.3 Å². The number of alkyl halides is 1. The Hall–Kier alpha value is -0.330. The Morgan fingerprint density at radius 2 is 1.20 bits per heavy atom. The molecule has 0 N–H and O–H groups in total. The van der Waals surface area contributed by atoms with Crippen molar-refractivity contribution in [3.63, 3.8) is 0 Å². The van der Waals surface area contributed by atoms with Crippen molar-refractivity contribution >= 4 is 17.7 Å². The standard InChI is InChI=1S/C12H23NO.C5H11Cl/c1-2-3-4-5-6-7-8-9-10-11-13-12-14;1-2-3-4-5-6/h2-11H2,1H3;2-5H2,1H3. The van der Waals surface area contributed by atoms with E-state index in [4.69, 9.17) is 11.6 Å². The number of isocyanates is 1. The molecule has 2 nitrogen and oxygen atoms in total. The van der Waals surface area contributed by atoms with Crippen molar-refractivity contribution in [1.29, 1.82) is 0 Å². The number of rotatable bonds is 13. The third kappa shape index (κ3) is 26.3. The van der Waals surface area contributed by atoms with Gasteiger partial charge in [-0.05, 0) is 12.8 Å². The zero-order valence-electron chi connectivity index (χ0n) is 13.6. The van der Waals surface area contributed by atoms with Crippen LogP contribution in [-0.2, 0) is 4.79 Å². The predicted octanol–water partition coefficient (Wildman–Crippen LogP) is 6.27. The molecule has 0 saturated heterocycles. The molecule has 0 bridgehead atoms. The quantitative estimate of drug-likeness (QED) is 0.171. The Morgan fingerprint density at radius 3 is 1.60 bits per heavy atom. The topological polar surface area (TPSA) is 29.4 Å². The van der Waals surface area contributed by atoms with E-state index >= 15 is 0 Å². The van der Waals surface area contributed by atoms with E-state index in [1.807, 2.05) is 0 Å². The molecule has 3 heteroatoms. The third-order valence-electron chi connectivity index (χ3n) is 3.18. The Labute approximate surface area is 131 Å². The maximum absolute atomic E-state index is 9.75. The second-order valence-electron chi connectivity index (χ2n) is 5.20. The number of aliphatic imine (C=N–C) groups is 1. The zero-order valence-corrected chi connectivity index (χ0v) is 14.4. The molecule has 0 spiro atoms. The number of carbonyl (C=O) groups excluding carboxylic acids is 1. The molecule has 0 radical (unpaired) electrons. The largest absolute Gasteiger partial charge is 0.234 e. The molecule has 0 aliphatic rings. The van der Waals surface area contributed by atoms with Crippen LogP contribution >= 0.6 is 11.6 Å². The number of nitrogens with zero attached hydrogens (tertiary/aromatic N) is 1. The van der Waals surface area contributed by atoms with Gasteiger partial charge in [-0.2, -0.15) is 0 Å². The number of unbranched alkanes of at least 4 members (excludes halogenated alkanes) is 10. The molecule has 0 unspecified atom stereocenters. The van der Waals surface area contributed by atoms with E-state index < -0.39 is 0 Å². The lowest BCUT2D eigenvalue weighted by Gasteiger charge is -1.99. The maximum Gasteiger partial charge on any atom is 0.234 e. The third-order valence-corrected chi connectivity index (χ3v) is 3.44. The van der Waals surface area contributed by atoms with Crippen molar-refractivity contribution < 1.29 is 4.79 Å². The van der Waals surface area contributed by atoms with Crippen LogP contribution in [0.4, 0.5) is 0 Å². The van der Waals surface area contributed by atoms with Gasteiger partial charge in [0.15, 0.2) is 0 Å². The van der Waals surface area contributed by atoms with E-state index in [-0.39, 0.29) is 0 Å². The highest BCUT2D eigenvalue weighted by molar-refractivity contribution is 6.17. The van der Waals surface area contributed by atoms with Gasteiger partial charge in [0, 0.05) is 5.88 Å². The zero-order chi connectivity index (χ0) is 15.3. The first-order valence-electron chi connectivity index (χ1n) is 8.43. The molecule has 0 heterocycles. The van der Waals surface area contributed by atoms with Crippen molar-refractivity contribution in [3.05, 3.63) is 0 Å². The Kier molecular flexibility index (Phi) is 26.1. The van der Waals surface area contributed by atoms with E-state index in [9.17, 15) is 4.79 Å². The van der Waals surface area contributed by atoms with Crippen molar-refractivity contribution in [3.8, 4) is 0 Å². The lowest BCUT2D eigenvalue weighted by Crippen LogP contribution is -1.83. The Morgan fingerprint density at radius 1 is 0.750 bits per heavy atom. The van der Waals surface area contributed by atoms with Crippen LogP contribution in [0.3, 0.4) is 0 Å².